The van der Waals surface area contributed by atoms with Crippen molar-refractivity contribution in [2.24, 2.45) is 11.1 Å². The molecule has 0 spiro atoms. The highest BCUT2D eigenvalue weighted by Crippen LogP contribution is 2.07. The summed E-state index contributed by atoms with van der Waals surface area (Å²) in [4.78, 5) is 1.66. The first kappa shape index (κ1) is 18.0. The molecule has 4 nitrogen and oxygen atoms in total. The van der Waals surface area contributed by atoms with Crippen molar-refractivity contribution in [1.82, 2.24) is 0 Å². The molecule has 0 radical (unpaired) electrons. The average Bonchev–Trinajstić information content (AvgIpc) is 2.38. The normalized spacial score (nSPS) is 21.8. The maximum Gasteiger partial charge on any atom is 0.238 e. The van der Waals surface area contributed by atoms with Crippen LogP contribution in [0.3, 0.4) is 0 Å². The maximum absolute atomic E-state index is 11.1. The highest BCUT2D eigenvalue weighted by atomic mass is 35.5. The molecule has 6 heteroatoms. The van der Waals surface area contributed by atoms with Crippen molar-refractivity contribution >= 4 is 10.0 Å². The van der Waals surface area contributed by atoms with Gasteiger partial charge in [-0.3, -0.25) is 0 Å². The summed E-state index contributed by atoms with van der Waals surface area (Å²) in [6.45, 7) is 5.53. The van der Waals surface area contributed by atoms with E-state index in [4.69, 9.17) is 5.14 Å². The fraction of sp³-hybridized carbons (Fsp3) is 0.467. The lowest BCUT2D eigenvalue weighted by molar-refractivity contribution is -0.901. The molecule has 0 saturated carbocycles. The van der Waals surface area contributed by atoms with E-state index in [1.807, 2.05) is 0 Å². The van der Waals surface area contributed by atoms with Crippen LogP contribution in [0.4, 0.5) is 0 Å². The summed E-state index contributed by atoms with van der Waals surface area (Å²) >= 11 is 0. The number of nitrogens with one attached hydrogen (secondary N) is 1. The Labute approximate surface area is 133 Å². The van der Waals surface area contributed by atoms with E-state index in [1.165, 1.54) is 43.0 Å². The van der Waals surface area contributed by atoms with Gasteiger partial charge in [0.25, 0.3) is 0 Å². The minimum atomic E-state index is -3.62. The van der Waals surface area contributed by atoms with Gasteiger partial charge >= 0.3 is 0 Å². The third-order valence-electron chi connectivity index (χ3n) is 3.62. The summed E-state index contributed by atoms with van der Waals surface area (Å²) in [6.07, 6.45) is 2.60. The predicted molar refractivity (Wildman–Crippen MR) is 78.7 cm³/mol. The third-order valence-corrected chi connectivity index (χ3v) is 4.55. The number of nitrogens with two attached hydrogens (primary N) is 1. The van der Waals surface area contributed by atoms with Crippen LogP contribution in [0.2, 0.25) is 0 Å². The van der Waals surface area contributed by atoms with Crippen LogP contribution < -0.4 is 22.4 Å². The molecule has 1 saturated heterocycles. The molecular formula is C15H21ClN2O2S. The van der Waals surface area contributed by atoms with E-state index in [9.17, 15) is 8.42 Å². The first-order valence-corrected chi connectivity index (χ1v) is 8.45. The smallest absolute Gasteiger partial charge is 0.238 e. The van der Waals surface area contributed by atoms with E-state index in [-0.39, 0.29) is 17.3 Å². The summed E-state index contributed by atoms with van der Waals surface area (Å²) in [6, 6.07) is 6.38. The standard InChI is InChI=1S/C15H20N2O2S.ClH/c1-13-4-2-10-17(12-13)11-3-5-14-6-8-15(9-7-14)20(16,18)19;/h6-9,13H,2,4,10-12H2,1H3,(H2,16,18,19);1H. The summed E-state index contributed by atoms with van der Waals surface area (Å²) in [5, 5.41) is 5.05. The molecule has 0 bridgehead atoms. The summed E-state index contributed by atoms with van der Waals surface area (Å²) in [5.74, 6) is 7.05. The summed E-state index contributed by atoms with van der Waals surface area (Å²) in [5.41, 5.74) is 0.821. The molecule has 1 aliphatic rings. The first-order valence-electron chi connectivity index (χ1n) is 6.90. The Morgan fingerprint density at radius 2 is 2.00 bits per heavy atom. The van der Waals surface area contributed by atoms with Gasteiger partial charge in [-0.1, -0.05) is 12.8 Å². The molecule has 2 atom stereocenters. The van der Waals surface area contributed by atoms with E-state index in [0.717, 1.165) is 18.0 Å². The van der Waals surface area contributed by atoms with E-state index >= 15 is 0 Å². The Morgan fingerprint density at radius 1 is 1.33 bits per heavy atom. The second-order valence-corrected chi connectivity index (χ2v) is 7.06. The largest absolute Gasteiger partial charge is 1.00 e. The Hall–Kier alpha value is -1.06. The van der Waals surface area contributed by atoms with Crippen molar-refractivity contribution in [3.63, 3.8) is 0 Å². The van der Waals surface area contributed by atoms with E-state index < -0.39 is 10.0 Å². The Kier molecular flexibility index (Phi) is 6.69. The molecule has 1 aliphatic heterocycles. The number of hydrogen-bond donors (Lipinski definition) is 2. The van der Waals surface area contributed by atoms with Gasteiger partial charge in [-0.25, -0.2) is 13.6 Å². The average molecular weight is 329 g/mol. The number of piperidine rings is 1. The zero-order valence-corrected chi connectivity index (χ0v) is 13.7. The lowest BCUT2D eigenvalue weighted by Gasteiger charge is -2.26. The number of hydrogen-bond acceptors (Lipinski definition) is 2. The summed E-state index contributed by atoms with van der Waals surface area (Å²) < 4.78 is 22.3. The third kappa shape index (κ3) is 5.68. The summed E-state index contributed by atoms with van der Waals surface area (Å²) in [7, 11) is -3.62. The number of sulfonamides is 1. The van der Waals surface area contributed by atoms with Gasteiger partial charge in [-0.05, 0) is 43.0 Å². The lowest BCUT2D eigenvalue weighted by atomic mass is 10.0. The number of likely N-dealkylation sites (tertiary alicyclic amines) is 1. The van der Waals surface area contributed by atoms with Crippen molar-refractivity contribution < 1.29 is 25.7 Å². The van der Waals surface area contributed by atoms with Crippen LogP contribution in [0, 0.1) is 17.8 Å². The van der Waals surface area contributed by atoms with E-state index in [2.05, 4.69) is 18.8 Å². The molecule has 0 amide bonds. The van der Waals surface area contributed by atoms with Crippen LogP contribution in [0.5, 0.6) is 0 Å². The first-order chi connectivity index (χ1) is 9.45. The Balaban J connectivity index is 0.00000220. The quantitative estimate of drug-likeness (QED) is 0.569. The molecular weight excluding hydrogens is 308 g/mol. The van der Waals surface area contributed by atoms with Gasteiger partial charge in [0.1, 0.15) is 6.54 Å². The molecule has 1 aromatic rings. The molecule has 1 heterocycles. The molecule has 21 heavy (non-hydrogen) atoms. The molecule has 3 N–H and O–H groups in total. The molecule has 1 fully saturated rings. The SMILES string of the molecule is CC1CCC[NH+](CC#Cc2ccc(S(N)(=O)=O)cc2)C1.[Cl-]. The van der Waals surface area contributed by atoms with Gasteiger partial charge in [0.05, 0.1) is 18.0 Å². The number of rotatable bonds is 2. The number of quaternary nitrogens is 1. The van der Waals surface area contributed by atoms with Crippen LogP contribution in [0.15, 0.2) is 29.2 Å². The van der Waals surface area contributed by atoms with Gasteiger partial charge in [0.15, 0.2) is 0 Å². The van der Waals surface area contributed by atoms with Crippen LogP contribution >= 0.6 is 0 Å². The maximum atomic E-state index is 11.1. The van der Waals surface area contributed by atoms with Crippen LogP contribution in [-0.2, 0) is 10.0 Å². The lowest BCUT2D eigenvalue weighted by Crippen LogP contribution is -3.13. The molecule has 1 aromatic carbocycles. The van der Waals surface area contributed by atoms with Gasteiger partial charge < -0.3 is 17.3 Å². The molecule has 0 aromatic heterocycles. The van der Waals surface area contributed by atoms with Crippen molar-refractivity contribution in [3.8, 4) is 11.8 Å². The second kappa shape index (κ2) is 7.81. The zero-order chi connectivity index (χ0) is 14.6. The fourth-order valence-corrected chi connectivity index (χ4v) is 3.07. The van der Waals surface area contributed by atoms with Crippen molar-refractivity contribution in [2.75, 3.05) is 19.6 Å². The number of primary sulfonamides is 1. The Morgan fingerprint density at radius 3 is 2.57 bits per heavy atom. The van der Waals surface area contributed by atoms with Crippen molar-refractivity contribution in [1.29, 1.82) is 0 Å². The molecule has 0 aliphatic carbocycles. The second-order valence-electron chi connectivity index (χ2n) is 5.50. The number of benzene rings is 1. The van der Waals surface area contributed by atoms with Gasteiger partial charge in [-0.15, -0.1) is 0 Å². The number of halogens is 1. The predicted octanol–water partition coefficient (Wildman–Crippen LogP) is -3.00. The minimum Gasteiger partial charge on any atom is -1.00 e. The minimum absolute atomic E-state index is 0. The van der Waals surface area contributed by atoms with Gasteiger partial charge in [-0.2, -0.15) is 0 Å². The van der Waals surface area contributed by atoms with Crippen LogP contribution in [0.25, 0.3) is 0 Å². The van der Waals surface area contributed by atoms with Crippen molar-refractivity contribution in [2.45, 2.75) is 24.7 Å². The van der Waals surface area contributed by atoms with Crippen LogP contribution in [0.1, 0.15) is 25.3 Å². The van der Waals surface area contributed by atoms with E-state index in [0.29, 0.717) is 0 Å². The molecule has 116 valence electrons. The Bertz CT molecular complexity index is 617. The highest BCUT2D eigenvalue weighted by Gasteiger charge is 2.18. The van der Waals surface area contributed by atoms with E-state index in [1.54, 1.807) is 12.1 Å². The molecule has 2 rings (SSSR count). The van der Waals surface area contributed by atoms with Gasteiger partial charge in [0.2, 0.25) is 10.0 Å². The topological polar surface area (TPSA) is 64.6 Å². The fourth-order valence-electron chi connectivity index (χ4n) is 2.56. The highest BCUT2D eigenvalue weighted by molar-refractivity contribution is 7.89. The van der Waals surface area contributed by atoms with Gasteiger partial charge in [0, 0.05) is 11.5 Å². The zero-order valence-electron chi connectivity index (χ0n) is 12.1. The van der Waals surface area contributed by atoms with Crippen LogP contribution in [-0.4, -0.2) is 28.1 Å². The molecule has 2 unspecified atom stereocenters. The van der Waals surface area contributed by atoms with Crippen molar-refractivity contribution in [3.05, 3.63) is 29.8 Å². The monoisotopic (exact) mass is 328 g/mol.